The van der Waals surface area contributed by atoms with Crippen LogP contribution in [0.25, 0.3) is 5.57 Å². The van der Waals surface area contributed by atoms with Crippen molar-refractivity contribution in [2.45, 2.75) is 4.90 Å². The smallest absolute Gasteiger partial charge is 0.238 e. The number of benzene rings is 1. The molecule has 1 aromatic carbocycles. The number of aliphatic imine (C=N–C) groups is 1. The highest BCUT2D eigenvalue weighted by Crippen LogP contribution is 2.22. The van der Waals surface area contributed by atoms with Crippen LogP contribution in [0.2, 0.25) is 0 Å². The number of nitrogens with zero attached hydrogens (tertiary/aromatic N) is 2. The summed E-state index contributed by atoms with van der Waals surface area (Å²) in [7, 11) is -2.26. The molecule has 0 amide bonds. The zero-order valence-corrected chi connectivity index (χ0v) is 14.9. The molecule has 0 radical (unpaired) electrons. The van der Waals surface area contributed by atoms with Gasteiger partial charge in [-0.05, 0) is 42.0 Å². The summed E-state index contributed by atoms with van der Waals surface area (Å²) in [6, 6.07) is 9.53. The minimum Gasteiger partial charge on any atom is -0.481 e. The third-order valence-corrected chi connectivity index (χ3v) is 4.15. The van der Waals surface area contributed by atoms with Gasteiger partial charge in [0.1, 0.15) is 0 Å². The lowest BCUT2D eigenvalue weighted by atomic mass is 10.1. The summed E-state index contributed by atoms with van der Waals surface area (Å²) in [5.74, 6) is 0.524. The molecule has 0 unspecified atom stereocenters. The Balaban J connectivity index is 2.08. The number of ether oxygens (including phenoxy) is 1. The van der Waals surface area contributed by atoms with Gasteiger partial charge in [-0.1, -0.05) is 12.6 Å². The minimum atomic E-state index is -3.79. The molecule has 0 fully saturated rings. The molecular weight excluding hydrogens is 354 g/mol. The molecule has 26 heavy (non-hydrogen) atoms. The van der Waals surface area contributed by atoms with E-state index in [1.165, 1.54) is 25.4 Å². The Kier molecular flexibility index (Phi) is 6.10. The van der Waals surface area contributed by atoms with Crippen LogP contribution in [0.3, 0.4) is 0 Å². The number of nitrogens with two attached hydrogens (primary N) is 2. The number of aromatic nitrogens is 1. The number of primary sulfonamides is 1. The first-order valence-corrected chi connectivity index (χ1v) is 8.94. The van der Waals surface area contributed by atoms with Crippen molar-refractivity contribution < 1.29 is 13.2 Å². The quantitative estimate of drug-likeness (QED) is 0.401. The van der Waals surface area contributed by atoms with E-state index in [2.05, 4.69) is 21.9 Å². The Hall–Kier alpha value is -3.17. The summed E-state index contributed by atoms with van der Waals surface area (Å²) in [4.78, 5) is 8.10. The predicted molar refractivity (Wildman–Crippen MR) is 102 cm³/mol. The van der Waals surface area contributed by atoms with E-state index in [0.717, 1.165) is 5.56 Å². The first kappa shape index (κ1) is 19.2. The van der Waals surface area contributed by atoms with Crippen molar-refractivity contribution in [3.63, 3.8) is 0 Å². The molecule has 8 nitrogen and oxygen atoms in total. The zero-order chi connectivity index (χ0) is 19.2. The van der Waals surface area contributed by atoms with Crippen molar-refractivity contribution in [1.82, 2.24) is 4.98 Å². The second kappa shape index (κ2) is 8.28. The first-order valence-electron chi connectivity index (χ1n) is 7.39. The summed E-state index contributed by atoms with van der Waals surface area (Å²) in [6.45, 7) is 3.94. The summed E-state index contributed by atoms with van der Waals surface area (Å²) in [5.41, 5.74) is 7.60. The van der Waals surface area contributed by atoms with E-state index in [4.69, 9.17) is 15.6 Å². The van der Waals surface area contributed by atoms with Crippen molar-refractivity contribution >= 4 is 27.2 Å². The van der Waals surface area contributed by atoms with Gasteiger partial charge in [-0.15, -0.1) is 0 Å². The minimum absolute atomic E-state index is 0.0251. The molecule has 0 spiro atoms. The number of allylic oxidation sites excluding steroid dienone is 2. The maximum atomic E-state index is 11.4. The number of rotatable bonds is 6. The summed E-state index contributed by atoms with van der Waals surface area (Å²) >= 11 is 0. The van der Waals surface area contributed by atoms with Gasteiger partial charge in [-0.25, -0.2) is 23.5 Å². The normalized spacial score (nSPS) is 12.2. The van der Waals surface area contributed by atoms with Gasteiger partial charge in [0.15, 0.2) is 5.96 Å². The SMILES string of the molecule is C=C(/C=C\N=C(N)Nc1cccc(S(N)(=O)=O)c1)c1cccnc1OC. The number of guanidine groups is 1. The van der Waals surface area contributed by atoms with Crippen molar-refractivity contribution in [2.24, 2.45) is 15.9 Å². The lowest BCUT2D eigenvalue weighted by Gasteiger charge is -2.07. The van der Waals surface area contributed by atoms with Gasteiger partial charge in [0, 0.05) is 23.6 Å². The highest BCUT2D eigenvalue weighted by atomic mass is 32.2. The van der Waals surface area contributed by atoms with Gasteiger partial charge in [0.05, 0.1) is 12.0 Å². The number of anilines is 1. The van der Waals surface area contributed by atoms with Gasteiger partial charge in [0.25, 0.3) is 0 Å². The van der Waals surface area contributed by atoms with Gasteiger partial charge in [0.2, 0.25) is 15.9 Å². The first-order chi connectivity index (χ1) is 12.3. The van der Waals surface area contributed by atoms with Crippen molar-refractivity contribution in [3.8, 4) is 5.88 Å². The molecule has 5 N–H and O–H groups in total. The van der Waals surface area contributed by atoms with E-state index >= 15 is 0 Å². The summed E-state index contributed by atoms with van der Waals surface area (Å²) < 4.78 is 27.9. The van der Waals surface area contributed by atoms with Crippen LogP contribution in [0.4, 0.5) is 5.69 Å². The molecule has 1 heterocycles. The van der Waals surface area contributed by atoms with Gasteiger partial charge in [-0.3, -0.25) is 0 Å². The monoisotopic (exact) mass is 373 g/mol. The van der Waals surface area contributed by atoms with E-state index in [1.807, 2.05) is 6.07 Å². The maximum absolute atomic E-state index is 11.4. The Morgan fingerprint density at radius 3 is 2.81 bits per heavy atom. The van der Waals surface area contributed by atoms with Gasteiger partial charge >= 0.3 is 0 Å². The number of methoxy groups -OCH3 is 1. The Morgan fingerprint density at radius 1 is 1.35 bits per heavy atom. The standard InChI is InChI=1S/C17H19N5O3S/c1-12(15-7-4-9-20-16(15)25-2)8-10-21-17(18)22-13-5-3-6-14(11-13)26(19,23)24/h3-11H,1H2,2H3,(H3,18,21,22)(H2,19,23,24)/b10-8-. The Labute approximate surface area is 152 Å². The molecule has 0 aliphatic rings. The van der Waals surface area contributed by atoms with Gasteiger partial charge in [-0.2, -0.15) is 0 Å². The molecule has 0 saturated carbocycles. The Morgan fingerprint density at radius 2 is 2.12 bits per heavy atom. The van der Waals surface area contributed by atoms with E-state index in [-0.39, 0.29) is 10.9 Å². The number of hydrogen-bond acceptors (Lipinski definition) is 5. The van der Waals surface area contributed by atoms with E-state index in [9.17, 15) is 8.42 Å². The second-order valence-corrected chi connectivity index (χ2v) is 6.67. The number of pyridine rings is 1. The third kappa shape index (κ3) is 5.16. The maximum Gasteiger partial charge on any atom is 0.238 e. The number of hydrogen-bond donors (Lipinski definition) is 3. The number of nitrogens with one attached hydrogen (secondary N) is 1. The van der Waals surface area contributed by atoms with E-state index in [0.29, 0.717) is 17.1 Å². The highest BCUT2D eigenvalue weighted by molar-refractivity contribution is 7.89. The summed E-state index contributed by atoms with van der Waals surface area (Å²) in [6.07, 6.45) is 4.73. The van der Waals surface area contributed by atoms with Crippen LogP contribution in [0.1, 0.15) is 5.56 Å². The zero-order valence-electron chi connectivity index (χ0n) is 14.1. The van der Waals surface area contributed by atoms with Crippen LogP contribution in [-0.2, 0) is 10.0 Å². The fourth-order valence-electron chi connectivity index (χ4n) is 2.03. The van der Waals surface area contributed by atoms with Crippen molar-refractivity contribution in [3.05, 3.63) is 67.0 Å². The third-order valence-electron chi connectivity index (χ3n) is 3.23. The van der Waals surface area contributed by atoms with E-state index < -0.39 is 10.0 Å². The van der Waals surface area contributed by atoms with Crippen LogP contribution in [-0.4, -0.2) is 26.5 Å². The fourth-order valence-corrected chi connectivity index (χ4v) is 2.59. The molecule has 2 aromatic rings. The topological polar surface area (TPSA) is 133 Å². The second-order valence-electron chi connectivity index (χ2n) is 5.11. The summed E-state index contributed by atoms with van der Waals surface area (Å²) in [5, 5.41) is 7.88. The van der Waals surface area contributed by atoms with Crippen LogP contribution >= 0.6 is 0 Å². The fraction of sp³-hybridized carbons (Fsp3) is 0.0588. The van der Waals surface area contributed by atoms with Crippen LogP contribution in [0, 0.1) is 0 Å². The molecule has 0 saturated heterocycles. The van der Waals surface area contributed by atoms with Crippen LogP contribution < -0.4 is 20.9 Å². The Bertz CT molecular complexity index is 968. The molecule has 136 valence electrons. The predicted octanol–water partition coefficient (Wildman–Crippen LogP) is 1.69. The molecule has 2 rings (SSSR count). The molecule has 0 atom stereocenters. The van der Waals surface area contributed by atoms with Gasteiger partial charge < -0.3 is 15.8 Å². The molecule has 0 bridgehead atoms. The average molecular weight is 373 g/mol. The van der Waals surface area contributed by atoms with Crippen molar-refractivity contribution in [1.29, 1.82) is 0 Å². The highest BCUT2D eigenvalue weighted by Gasteiger charge is 2.08. The molecule has 9 heteroatoms. The lowest BCUT2D eigenvalue weighted by Crippen LogP contribution is -2.22. The van der Waals surface area contributed by atoms with E-state index in [1.54, 1.807) is 30.5 Å². The molecule has 1 aromatic heterocycles. The lowest BCUT2D eigenvalue weighted by molar-refractivity contribution is 0.396. The average Bonchev–Trinajstić information content (AvgIpc) is 2.61. The number of sulfonamides is 1. The molecular formula is C17H19N5O3S. The molecule has 0 aliphatic carbocycles. The van der Waals surface area contributed by atoms with Crippen LogP contribution in [0.5, 0.6) is 5.88 Å². The molecule has 0 aliphatic heterocycles. The largest absolute Gasteiger partial charge is 0.481 e. The van der Waals surface area contributed by atoms with Crippen LogP contribution in [0.15, 0.2) is 71.3 Å². The van der Waals surface area contributed by atoms with Crippen molar-refractivity contribution in [2.75, 3.05) is 12.4 Å².